The summed E-state index contributed by atoms with van der Waals surface area (Å²) >= 11 is 0. The average Bonchev–Trinajstić information content (AvgIpc) is 2.55. The van der Waals surface area contributed by atoms with Crippen LogP contribution in [0.3, 0.4) is 0 Å². The molecule has 0 radical (unpaired) electrons. The molecule has 1 atom stereocenters. The van der Waals surface area contributed by atoms with Crippen LogP contribution in [0.2, 0.25) is 0 Å². The lowest BCUT2D eigenvalue weighted by Crippen LogP contribution is -2.40. The van der Waals surface area contributed by atoms with Gasteiger partial charge >= 0.3 is 5.63 Å². The highest BCUT2D eigenvalue weighted by atomic mass is 32.2. The Morgan fingerprint density at radius 1 is 1.26 bits per heavy atom. The molecule has 2 N–H and O–H groups in total. The van der Waals surface area contributed by atoms with Crippen molar-refractivity contribution in [3.63, 3.8) is 0 Å². The van der Waals surface area contributed by atoms with Crippen molar-refractivity contribution in [1.82, 2.24) is 4.31 Å². The van der Waals surface area contributed by atoms with Gasteiger partial charge in [0, 0.05) is 24.5 Å². The Morgan fingerprint density at radius 3 is 2.87 bits per heavy atom. The first-order valence-corrected chi connectivity index (χ1v) is 9.19. The number of nitrogens with zero attached hydrogens (tertiary/aromatic N) is 1. The predicted octanol–water partition coefficient (Wildman–Crippen LogP) is 1.54. The Labute approximate surface area is 134 Å². The van der Waals surface area contributed by atoms with Crippen LogP contribution in [0.5, 0.6) is 0 Å². The van der Waals surface area contributed by atoms with Crippen LogP contribution in [0, 0.1) is 5.92 Å². The van der Waals surface area contributed by atoms with Crippen LogP contribution in [-0.4, -0.2) is 32.4 Å². The second-order valence-electron chi connectivity index (χ2n) is 5.90. The van der Waals surface area contributed by atoms with Crippen LogP contribution < -0.4 is 11.4 Å². The Kier molecular flexibility index (Phi) is 4.52. The van der Waals surface area contributed by atoms with E-state index in [0.717, 1.165) is 19.3 Å². The molecule has 0 aliphatic carbocycles. The van der Waals surface area contributed by atoms with Gasteiger partial charge in [0.1, 0.15) is 5.58 Å². The number of hydrogen-bond acceptors (Lipinski definition) is 5. The molecule has 0 amide bonds. The van der Waals surface area contributed by atoms with Crippen LogP contribution in [0.1, 0.15) is 19.3 Å². The molecule has 1 aliphatic rings. The summed E-state index contributed by atoms with van der Waals surface area (Å²) in [6.45, 7) is 1.63. The molecule has 1 saturated heterocycles. The standard InChI is InChI=1S/C16H20N2O4S/c17-8-7-12-2-1-9-18(11-12)23(20,21)14-4-5-15-13(10-14)3-6-16(19)22-15/h3-6,10,12H,1-2,7-9,11,17H2. The molecule has 1 aliphatic heterocycles. The molecule has 1 aromatic heterocycles. The number of piperidine rings is 1. The van der Waals surface area contributed by atoms with E-state index in [4.69, 9.17) is 10.2 Å². The third-order valence-corrected chi connectivity index (χ3v) is 6.15. The zero-order valence-corrected chi connectivity index (χ0v) is 13.6. The molecule has 1 fully saturated rings. The number of rotatable bonds is 4. The maximum absolute atomic E-state index is 12.8. The highest BCUT2D eigenvalue weighted by Crippen LogP contribution is 2.26. The minimum absolute atomic E-state index is 0.229. The molecular formula is C16H20N2O4S. The summed E-state index contributed by atoms with van der Waals surface area (Å²) in [5.41, 5.74) is 5.53. The van der Waals surface area contributed by atoms with Gasteiger partial charge in [0.2, 0.25) is 10.0 Å². The number of benzene rings is 1. The van der Waals surface area contributed by atoms with Gasteiger partial charge in [0.05, 0.1) is 4.90 Å². The van der Waals surface area contributed by atoms with E-state index >= 15 is 0 Å². The predicted molar refractivity (Wildman–Crippen MR) is 87.6 cm³/mol. The van der Waals surface area contributed by atoms with Crippen molar-refractivity contribution in [1.29, 1.82) is 0 Å². The summed E-state index contributed by atoms with van der Waals surface area (Å²) in [6, 6.07) is 7.45. The molecule has 0 bridgehead atoms. The first-order chi connectivity index (χ1) is 11.0. The molecule has 0 saturated carbocycles. The van der Waals surface area contributed by atoms with Crippen molar-refractivity contribution in [3.05, 3.63) is 40.8 Å². The smallest absolute Gasteiger partial charge is 0.336 e. The summed E-state index contributed by atoms with van der Waals surface area (Å²) in [5, 5.41) is 0.598. The maximum Gasteiger partial charge on any atom is 0.336 e. The Balaban J connectivity index is 1.92. The van der Waals surface area contributed by atoms with Crippen LogP contribution >= 0.6 is 0 Å². The number of nitrogens with two attached hydrogens (primary N) is 1. The van der Waals surface area contributed by atoms with Crippen molar-refractivity contribution in [2.75, 3.05) is 19.6 Å². The summed E-state index contributed by atoms with van der Waals surface area (Å²) in [5.74, 6) is 0.321. The van der Waals surface area contributed by atoms with Crippen molar-refractivity contribution in [2.45, 2.75) is 24.2 Å². The molecule has 23 heavy (non-hydrogen) atoms. The number of fused-ring (bicyclic) bond motifs is 1. The molecule has 3 rings (SSSR count). The monoisotopic (exact) mass is 336 g/mol. The van der Waals surface area contributed by atoms with Gasteiger partial charge in [0.25, 0.3) is 0 Å². The van der Waals surface area contributed by atoms with Gasteiger partial charge in [-0.25, -0.2) is 13.2 Å². The van der Waals surface area contributed by atoms with E-state index in [0.29, 0.717) is 36.5 Å². The summed E-state index contributed by atoms with van der Waals surface area (Å²) in [7, 11) is -3.54. The highest BCUT2D eigenvalue weighted by molar-refractivity contribution is 7.89. The lowest BCUT2D eigenvalue weighted by atomic mass is 9.96. The van der Waals surface area contributed by atoms with E-state index in [1.807, 2.05) is 0 Å². The summed E-state index contributed by atoms with van der Waals surface area (Å²) < 4.78 is 32.3. The highest BCUT2D eigenvalue weighted by Gasteiger charge is 2.30. The second-order valence-corrected chi connectivity index (χ2v) is 7.84. The molecule has 7 heteroatoms. The first kappa shape index (κ1) is 16.2. The first-order valence-electron chi connectivity index (χ1n) is 7.75. The Hall–Kier alpha value is -1.70. The lowest BCUT2D eigenvalue weighted by molar-refractivity contribution is 0.258. The van der Waals surface area contributed by atoms with Gasteiger partial charge in [-0.15, -0.1) is 0 Å². The minimum Gasteiger partial charge on any atom is -0.423 e. The van der Waals surface area contributed by atoms with Crippen LogP contribution in [0.25, 0.3) is 11.0 Å². The third-order valence-electron chi connectivity index (χ3n) is 4.29. The van der Waals surface area contributed by atoms with E-state index < -0.39 is 15.6 Å². The topological polar surface area (TPSA) is 93.6 Å². The van der Waals surface area contributed by atoms with E-state index in [1.165, 1.54) is 22.5 Å². The fourth-order valence-electron chi connectivity index (χ4n) is 3.08. The fraction of sp³-hybridized carbons (Fsp3) is 0.438. The molecule has 124 valence electrons. The van der Waals surface area contributed by atoms with Gasteiger partial charge in [0.15, 0.2) is 0 Å². The van der Waals surface area contributed by atoms with E-state index in [9.17, 15) is 13.2 Å². The van der Waals surface area contributed by atoms with Crippen molar-refractivity contribution in [2.24, 2.45) is 11.7 Å². The zero-order chi connectivity index (χ0) is 16.4. The third kappa shape index (κ3) is 3.31. The largest absolute Gasteiger partial charge is 0.423 e. The fourth-order valence-corrected chi connectivity index (χ4v) is 4.67. The van der Waals surface area contributed by atoms with Gasteiger partial charge in [-0.3, -0.25) is 0 Å². The number of sulfonamides is 1. The van der Waals surface area contributed by atoms with Crippen LogP contribution in [0.15, 0.2) is 44.4 Å². The SMILES string of the molecule is NCCC1CCCN(S(=O)(=O)c2ccc3oc(=O)ccc3c2)C1. The van der Waals surface area contributed by atoms with Crippen molar-refractivity contribution < 1.29 is 12.8 Å². The molecular weight excluding hydrogens is 316 g/mol. The van der Waals surface area contributed by atoms with Gasteiger partial charge in [-0.05, 0) is 56.0 Å². The molecule has 6 nitrogen and oxygen atoms in total. The Bertz CT molecular complexity index is 858. The maximum atomic E-state index is 12.8. The lowest BCUT2D eigenvalue weighted by Gasteiger charge is -2.31. The molecule has 2 heterocycles. The molecule has 0 spiro atoms. The molecule has 2 aromatic rings. The minimum atomic E-state index is -3.54. The van der Waals surface area contributed by atoms with Gasteiger partial charge in [-0.2, -0.15) is 4.31 Å². The average molecular weight is 336 g/mol. The summed E-state index contributed by atoms with van der Waals surface area (Å²) in [6.07, 6.45) is 2.72. The second kappa shape index (κ2) is 6.43. The molecule has 1 aromatic carbocycles. The van der Waals surface area contributed by atoms with Crippen molar-refractivity contribution >= 4 is 21.0 Å². The Morgan fingerprint density at radius 2 is 2.09 bits per heavy atom. The summed E-state index contributed by atoms with van der Waals surface area (Å²) in [4.78, 5) is 11.4. The quantitative estimate of drug-likeness (QED) is 0.855. The van der Waals surface area contributed by atoms with E-state index in [1.54, 1.807) is 12.1 Å². The van der Waals surface area contributed by atoms with Gasteiger partial charge < -0.3 is 10.2 Å². The van der Waals surface area contributed by atoms with Crippen molar-refractivity contribution in [3.8, 4) is 0 Å². The van der Waals surface area contributed by atoms with E-state index in [-0.39, 0.29) is 4.90 Å². The number of hydrogen-bond donors (Lipinski definition) is 1. The zero-order valence-electron chi connectivity index (χ0n) is 12.8. The normalized spacial score (nSPS) is 20.0. The van der Waals surface area contributed by atoms with Crippen LogP contribution in [-0.2, 0) is 10.0 Å². The van der Waals surface area contributed by atoms with Crippen LogP contribution in [0.4, 0.5) is 0 Å². The van der Waals surface area contributed by atoms with E-state index in [2.05, 4.69) is 0 Å². The molecule has 1 unspecified atom stereocenters. The van der Waals surface area contributed by atoms with Gasteiger partial charge in [-0.1, -0.05) is 0 Å².